The lowest BCUT2D eigenvalue weighted by atomic mass is 10.2. The Hall–Kier alpha value is -3.27. The van der Waals surface area contributed by atoms with E-state index in [2.05, 4.69) is 10.1 Å². The minimum atomic E-state index is -4.82. The normalized spacial score (nSPS) is 15.6. The lowest BCUT2D eigenvalue weighted by molar-refractivity contribution is -0.274. The Balaban J connectivity index is 1.53. The van der Waals surface area contributed by atoms with E-state index < -0.39 is 29.2 Å². The van der Waals surface area contributed by atoms with E-state index in [1.165, 1.54) is 12.1 Å². The van der Waals surface area contributed by atoms with Crippen molar-refractivity contribution in [1.82, 2.24) is 10.2 Å². The minimum absolute atomic E-state index is 0.00368. The molecule has 6 nitrogen and oxygen atoms in total. The van der Waals surface area contributed by atoms with Gasteiger partial charge < -0.3 is 10.1 Å². The first-order valence-corrected chi connectivity index (χ1v) is 9.49. The maximum atomic E-state index is 12.4. The highest BCUT2D eigenvalue weighted by Crippen LogP contribution is 2.31. The van der Waals surface area contributed by atoms with E-state index in [1.807, 2.05) is 18.2 Å². The number of carbonyl (C=O) groups excluding carboxylic acids is 3. The molecule has 1 aliphatic rings. The molecule has 0 aliphatic carbocycles. The molecule has 0 bridgehead atoms. The van der Waals surface area contributed by atoms with E-state index in [9.17, 15) is 27.6 Å². The molecule has 30 heavy (non-hydrogen) atoms. The third kappa shape index (κ3) is 5.63. The van der Waals surface area contributed by atoms with Crippen LogP contribution in [0.15, 0.2) is 59.5 Å². The zero-order chi connectivity index (χ0) is 21.7. The minimum Gasteiger partial charge on any atom is -0.406 e. The molecule has 0 saturated carbocycles. The predicted octanol–water partition coefficient (Wildman–Crippen LogP) is 4.05. The summed E-state index contributed by atoms with van der Waals surface area (Å²) >= 11 is 0.818. The first-order chi connectivity index (χ1) is 14.2. The first-order valence-electron chi connectivity index (χ1n) is 8.67. The Morgan fingerprint density at radius 2 is 1.73 bits per heavy atom. The van der Waals surface area contributed by atoms with Gasteiger partial charge in [-0.2, -0.15) is 0 Å². The van der Waals surface area contributed by atoms with Gasteiger partial charge in [-0.3, -0.25) is 19.3 Å². The summed E-state index contributed by atoms with van der Waals surface area (Å²) in [6.07, 6.45) is -3.20. The van der Waals surface area contributed by atoms with Gasteiger partial charge in [-0.1, -0.05) is 30.3 Å². The van der Waals surface area contributed by atoms with Crippen LogP contribution in [-0.2, 0) is 4.79 Å². The van der Waals surface area contributed by atoms with E-state index >= 15 is 0 Å². The smallest absolute Gasteiger partial charge is 0.406 e. The van der Waals surface area contributed by atoms with Gasteiger partial charge in [0.25, 0.3) is 17.1 Å². The zero-order valence-corrected chi connectivity index (χ0v) is 16.1. The number of ether oxygens (including phenoxy) is 1. The fourth-order valence-electron chi connectivity index (χ4n) is 2.58. The van der Waals surface area contributed by atoms with Crippen molar-refractivity contribution >= 4 is 34.9 Å². The molecule has 156 valence electrons. The summed E-state index contributed by atoms with van der Waals surface area (Å²) in [4.78, 5) is 37.9. The molecule has 1 aliphatic heterocycles. The Morgan fingerprint density at radius 3 is 2.37 bits per heavy atom. The van der Waals surface area contributed by atoms with Crippen molar-refractivity contribution in [2.24, 2.45) is 0 Å². The van der Waals surface area contributed by atoms with Crippen molar-refractivity contribution < 1.29 is 32.3 Å². The van der Waals surface area contributed by atoms with Crippen LogP contribution in [-0.4, -0.2) is 41.4 Å². The number of carbonyl (C=O) groups is 3. The van der Waals surface area contributed by atoms with Crippen molar-refractivity contribution in [1.29, 1.82) is 0 Å². The molecule has 10 heteroatoms. The van der Waals surface area contributed by atoms with Crippen LogP contribution in [0.2, 0.25) is 0 Å². The molecule has 0 atom stereocenters. The van der Waals surface area contributed by atoms with Gasteiger partial charge in [0.1, 0.15) is 5.75 Å². The van der Waals surface area contributed by atoms with E-state index in [1.54, 1.807) is 18.2 Å². The number of halogens is 3. The summed E-state index contributed by atoms with van der Waals surface area (Å²) in [6.45, 7) is -0.0336. The summed E-state index contributed by atoms with van der Waals surface area (Å²) in [5, 5.41) is 2.08. The molecular weight excluding hydrogens is 421 g/mol. The van der Waals surface area contributed by atoms with Crippen LogP contribution < -0.4 is 10.1 Å². The first kappa shape index (κ1) is 21.4. The summed E-state index contributed by atoms with van der Waals surface area (Å²) in [7, 11) is 0. The summed E-state index contributed by atoms with van der Waals surface area (Å²) < 4.78 is 40.2. The van der Waals surface area contributed by atoms with Crippen molar-refractivity contribution in [3.8, 4) is 5.75 Å². The van der Waals surface area contributed by atoms with Crippen LogP contribution in [0.25, 0.3) is 6.08 Å². The summed E-state index contributed by atoms with van der Waals surface area (Å²) in [5.41, 5.74) is 0.900. The summed E-state index contributed by atoms with van der Waals surface area (Å²) in [6, 6.07) is 13.5. The molecule has 0 radical (unpaired) electrons. The molecular formula is C20H15F3N2O4S. The largest absolute Gasteiger partial charge is 0.573 e. The van der Waals surface area contributed by atoms with E-state index in [4.69, 9.17) is 0 Å². The molecule has 3 amide bonds. The van der Waals surface area contributed by atoms with Gasteiger partial charge in [-0.15, -0.1) is 13.2 Å². The van der Waals surface area contributed by atoms with Gasteiger partial charge in [0.05, 0.1) is 4.91 Å². The number of imide groups is 1. The fraction of sp³-hybridized carbons (Fsp3) is 0.150. The highest BCUT2D eigenvalue weighted by Gasteiger charge is 2.34. The molecule has 2 aromatic rings. The second-order valence-corrected chi connectivity index (χ2v) is 7.07. The average Bonchev–Trinajstić information content (AvgIpc) is 2.95. The molecule has 1 fully saturated rings. The van der Waals surface area contributed by atoms with Crippen molar-refractivity contribution in [3.63, 3.8) is 0 Å². The number of hydrogen-bond acceptors (Lipinski definition) is 5. The van der Waals surface area contributed by atoms with E-state index in [-0.39, 0.29) is 23.6 Å². The van der Waals surface area contributed by atoms with Gasteiger partial charge in [0.15, 0.2) is 0 Å². The number of hydrogen-bond donors (Lipinski definition) is 1. The number of nitrogens with one attached hydrogen (secondary N) is 1. The molecule has 1 heterocycles. The van der Waals surface area contributed by atoms with Crippen LogP contribution in [0.3, 0.4) is 0 Å². The molecule has 3 rings (SSSR count). The standard InChI is InChI=1S/C20H15F3N2O4S/c21-20(22,23)29-15-8-6-14(7-9-15)17(26)24-10-11-25-18(27)16(30-19(25)28)12-13-4-2-1-3-5-13/h1-9,12H,10-11H2,(H,24,26). The number of rotatable bonds is 6. The maximum Gasteiger partial charge on any atom is 0.573 e. The second kappa shape index (κ2) is 9.04. The van der Waals surface area contributed by atoms with Crippen LogP contribution in [0, 0.1) is 0 Å². The zero-order valence-electron chi connectivity index (χ0n) is 15.3. The summed E-state index contributed by atoms with van der Waals surface area (Å²) in [5.74, 6) is -1.45. The average molecular weight is 436 g/mol. The molecule has 1 saturated heterocycles. The van der Waals surface area contributed by atoms with Crippen molar-refractivity contribution in [2.75, 3.05) is 13.1 Å². The number of nitrogens with zero attached hydrogens (tertiary/aromatic N) is 1. The Kier molecular flexibility index (Phi) is 6.46. The maximum absolute atomic E-state index is 12.4. The fourth-order valence-corrected chi connectivity index (χ4v) is 3.45. The Morgan fingerprint density at radius 1 is 1.07 bits per heavy atom. The predicted molar refractivity (Wildman–Crippen MR) is 105 cm³/mol. The van der Waals surface area contributed by atoms with E-state index in [0.29, 0.717) is 0 Å². The van der Waals surface area contributed by atoms with Crippen LogP contribution in [0.4, 0.5) is 18.0 Å². The number of alkyl halides is 3. The third-order valence-electron chi connectivity index (χ3n) is 3.94. The molecule has 0 spiro atoms. The van der Waals surface area contributed by atoms with Crippen molar-refractivity contribution in [3.05, 3.63) is 70.6 Å². The van der Waals surface area contributed by atoms with Crippen molar-refractivity contribution in [2.45, 2.75) is 6.36 Å². The highest BCUT2D eigenvalue weighted by molar-refractivity contribution is 8.18. The monoisotopic (exact) mass is 436 g/mol. The number of amides is 3. The van der Waals surface area contributed by atoms with E-state index in [0.717, 1.165) is 34.4 Å². The second-order valence-electron chi connectivity index (χ2n) is 6.07. The topological polar surface area (TPSA) is 75.7 Å². The third-order valence-corrected chi connectivity index (χ3v) is 4.85. The SMILES string of the molecule is O=C(NCCN1C(=O)SC(=Cc2ccccc2)C1=O)c1ccc(OC(F)(F)F)cc1. The molecule has 2 aromatic carbocycles. The lowest BCUT2D eigenvalue weighted by Crippen LogP contribution is -2.37. The lowest BCUT2D eigenvalue weighted by Gasteiger charge is -2.13. The van der Waals surface area contributed by atoms with Gasteiger partial charge in [0.2, 0.25) is 0 Å². The Labute approximate surface area is 173 Å². The van der Waals surface area contributed by atoms with Gasteiger partial charge in [-0.05, 0) is 47.7 Å². The Bertz CT molecular complexity index is 976. The van der Waals surface area contributed by atoms with Gasteiger partial charge >= 0.3 is 6.36 Å². The van der Waals surface area contributed by atoms with Crippen LogP contribution in [0.5, 0.6) is 5.75 Å². The van der Waals surface area contributed by atoms with Crippen LogP contribution >= 0.6 is 11.8 Å². The van der Waals surface area contributed by atoms with Crippen LogP contribution in [0.1, 0.15) is 15.9 Å². The van der Waals surface area contributed by atoms with Gasteiger partial charge in [0, 0.05) is 18.7 Å². The molecule has 0 unspecified atom stereocenters. The number of thioether (sulfide) groups is 1. The highest BCUT2D eigenvalue weighted by atomic mass is 32.2. The molecule has 1 N–H and O–H groups in total. The molecule has 0 aromatic heterocycles. The quantitative estimate of drug-likeness (QED) is 0.692. The van der Waals surface area contributed by atoms with Gasteiger partial charge in [-0.25, -0.2) is 0 Å². The number of benzene rings is 2.